The van der Waals surface area contributed by atoms with Gasteiger partial charge in [-0.2, -0.15) is 0 Å². The van der Waals surface area contributed by atoms with Crippen LogP contribution in [0, 0.1) is 0 Å². The molecule has 7 nitrogen and oxygen atoms in total. The zero-order chi connectivity index (χ0) is 18.4. The van der Waals surface area contributed by atoms with Crippen LogP contribution in [0.15, 0.2) is 36.7 Å². The fourth-order valence-electron chi connectivity index (χ4n) is 3.28. The van der Waals surface area contributed by atoms with E-state index in [1.807, 2.05) is 12.1 Å². The second-order valence-corrected chi connectivity index (χ2v) is 6.42. The molecule has 2 aromatic rings. The number of amides is 1. The third kappa shape index (κ3) is 4.49. The highest BCUT2D eigenvalue weighted by molar-refractivity contribution is 5.90. The Hall–Kier alpha value is -2.67. The number of carbonyl (C=O) groups is 1. The summed E-state index contributed by atoms with van der Waals surface area (Å²) in [6, 6.07) is 8.39. The second-order valence-electron chi connectivity index (χ2n) is 6.42. The van der Waals surface area contributed by atoms with Crippen LogP contribution in [0.25, 0.3) is 0 Å². The number of methoxy groups -OCH3 is 1. The minimum absolute atomic E-state index is 0.161. The summed E-state index contributed by atoms with van der Waals surface area (Å²) >= 11 is 0. The summed E-state index contributed by atoms with van der Waals surface area (Å²) in [6.07, 6.45) is 6.69. The van der Waals surface area contributed by atoms with Crippen LogP contribution in [0.3, 0.4) is 0 Å². The predicted octanol–water partition coefficient (Wildman–Crippen LogP) is 2.22. The fraction of sp³-hybridized carbons (Fsp3) is 0.421. The summed E-state index contributed by atoms with van der Waals surface area (Å²) in [5.41, 5.74) is 6.67. The van der Waals surface area contributed by atoms with Gasteiger partial charge >= 0.3 is 0 Å². The number of hydrogen-bond donors (Lipinski definition) is 2. The molecule has 138 valence electrons. The second kappa shape index (κ2) is 8.62. The van der Waals surface area contributed by atoms with Crippen LogP contribution in [-0.2, 0) is 0 Å². The molecule has 1 saturated heterocycles. The first-order valence-corrected chi connectivity index (χ1v) is 8.91. The van der Waals surface area contributed by atoms with E-state index in [9.17, 15) is 4.79 Å². The lowest BCUT2D eigenvalue weighted by molar-refractivity contribution is 0.0995. The highest BCUT2D eigenvalue weighted by atomic mass is 16.5. The Morgan fingerprint density at radius 3 is 2.62 bits per heavy atom. The molecule has 7 heteroatoms. The van der Waals surface area contributed by atoms with Crippen LogP contribution < -0.4 is 15.8 Å². The van der Waals surface area contributed by atoms with Gasteiger partial charge in [0, 0.05) is 6.54 Å². The van der Waals surface area contributed by atoms with Gasteiger partial charge in [-0.15, -0.1) is 0 Å². The van der Waals surface area contributed by atoms with Crippen molar-refractivity contribution >= 4 is 11.7 Å². The molecule has 26 heavy (non-hydrogen) atoms. The minimum atomic E-state index is -0.580. The van der Waals surface area contributed by atoms with Gasteiger partial charge in [0.25, 0.3) is 5.91 Å². The summed E-state index contributed by atoms with van der Waals surface area (Å²) in [6.45, 7) is 2.82. The number of benzene rings is 1. The molecule has 0 spiro atoms. The van der Waals surface area contributed by atoms with Crippen molar-refractivity contribution in [3.63, 3.8) is 0 Å². The number of piperidine rings is 1. The lowest BCUT2D eigenvalue weighted by atomic mass is 10.0. The molecule has 0 bridgehead atoms. The Balaban J connectivity index is 1.76. The van der Waals surface area contributed by atoms with E-state index in [1.54, 1.807) is 13.3 Å². The molecule has 2 heterocycles. The number of nitrogens with one attached hydrogen (secondary N) is 1. The fourth-order valence-corrected chi connectivity index (χ4v) is 3.28. The maximum atomic E-state index is 11.3. The topological polar surface area (TPSA) is 93.4 Å². The van der Waals surface area contributed by atoms with Gasteiger partial charge in [0.05, 0.1) is 25.5 Å². The smallest absolute Gasteiger partial charge is 0.268 e. The van der Waals surface area contributed by atoms with Gasteiger partial charge in [-0.3, -0.25) is 14.7 Å². The molecule has 1 aromatic heterocycles. The van der Waals surface area contributed by atoms with Gasteiger partial charge in [0.1, 0.15) is 17.3 Å². The van der Waals surface area contributed by atoms with Crippen molar-refractivity contribution in [3.8, 4) is 5.75 Å². The number of hydrogen-bond acceptors (Lipinski definition) is 6. The normalized spacial score (nSPS) is 16.0. The first kappa shape index (κ1) is 18.1. The van der Waals surface area contributed by atoms with E-state index in [2.05, 4.69) is 32.3 Å². The SMILES string of the molecule is COc1ccc(C(CNc2cncc(C(N)=O)n2)N2CCCCC2)cc1. The summed E-state index contributed by atoms with van der Waals surface area (Å²) in [4.78, 5) is 22.0. The van der Waals surface area contributed by atoms with Crippen molar-refractivity contribution in [1.82, 2.24) is 14.9 Å². The molecule has 1 aliphatic rings. The summed E-state index contributed by atoms with van der Waals surface area (Å²) in [5.74, 6) is 0.819. The van der Waals surface area contributed by atoms with Crippen LogP contribution in [0.2, 0.25) is 0 Å². The molecule has 0 aliphatic carbocycles. The first-order valence-electron chi connectivity index (χ1n) is 8.91. The van der Waals surface area contributed by atoms with Gasteiger partial charge in [0.15, 0.2) is 0 Å². The van der Waals surface area contributed by atoms with Crippen LogP contribution >= 0.6 is 0 Å². The molecule has 1 aromatic carbocycles. The molecule has 1 fully saturated rings. The van der Waals surface area contributed by atoms with Crippen molar-refractivity contribution in [2.24, 2.45) is 5.73 Å². The van der Waals surface area contributed by atoms with E-state index in [0.29, 0.717) is 12.4 Å². The van der Waals surface area contributed by atoms with Gasteiger partial charge in [-0.05, 0) is 43.6 Å². The third-order valence-corrected chi connectivity index (χ3v) is 4.70. The number of likely N-dealkylation sites (tertiary alicyclic amines) is 1. The average molecular weight is 355 g/mol. The molecule has 1 aliphatic heterocycles. The largest absolute Gasteiger partial charge is 0.497 e. The van der Waals surface area contributed by atoms with E-state index in [0.717, 1.165) is 18.8 Å². The maximum Gasteiger partial charge on any atom is 0.268 e. The van der Waals surface area contributed by atoms with E-state index in [1.165, 1.54) is 31.0 Å². The number of primary amides is 1. The maximum absolute atomic E-state index is 11.3. The van der Waals surface area contributed by atoms with Crippen LogP contribution in [0.1, 0.15) is 41.4 Å². The van der Waals surface area contributed by atoms with Gasteiger partial charge < -0.3 is 15.8 Å². The molecule has 1 atom stereocenters. The van der Waals surface area contributed by atoms with E-state index >= 15 is 0 Å². The number of carbonyl (C=O) groups excluding carboxylic acids is 1. The van der Waals surface area contributed by atoms with Crippen LogP contribution in [-0.4, -0.2) is 47.5 Å². The van der Waals surface area contributed by atoms with Crippen LogP contribution in [0.4, 0.5) is 5.82 Å². The molecule has 1 unspecified atom stereocenters. The lowest BCUT2D eigenvalue weighted by Crippen LogP contribution is -2.37. The van der Waals surface area contributed by atoms with Gasteiger partial charge in [-0.1, -0.05) is 18.6 Å². The number of nitrogens with two attached hydrogens (primary N) is 1. The minimum Gasteiger partial charge on any atom is -0.497 e. The first-order chi connectivity index (χ1) is 12.7. The van der Waals surface area contributed by atoms with E-state index < -0.39 is 5.91 Å². The average Bonchev–Trinajstić information content (AvgIpc) is 2.69. The molecule has 3 N–H and O–H groups in total. The number of rotatable bonds is 7. The zero-order valence-corrected chi connectivity index (χ0v) is 15.0. The standard InChI is InChI=1S/C19H25N5O2/c1-26-15-7-5-14(6-8-15)17(24-9-3-2-4-10-24)12-22-18-13-21-11-16(23-18)19(20)25/h5-8,11,13,17H,2-4,9-10,12H2,1H3,(H2,20,25)(H,22,23). The number of anilines is 1. The quantitative estimate of drug-likeness (QED) is 0.791. The molecule has 0 saturated carbocycles. The van der Waals surface area contributed by atoms with Crippen molar-refractivity contribution in [3.05, 3.63) is 47.9 Å². The monoisotopic (exact) mass is 355 g/mol. The summed E-state index contributed by atoms with van der Waals surface area (Å²) in [7, 11) is 1.67. The van der Waals surface area contributed by atoms with Crippen molar-refractivity contribution < 1.29 is 9.53 Å². The van der Waals surface area contributed by atoms with Crippen LogP contribution in [0.5, 0.6) is 5.75 Å². The Morgan fingerprint density at radius 2 is 1.96 bits per heavy atom. The van der Waals surface area contributed by atoms with Crippen molar-refractivity contribution in [1.29, 1.82) is 0 Å². The third-order valence-electron chi connectivity index (χ3n) is 4.70. The van der Waals surface area contributed by atoms with Crippen molar-refractivity contribution in [2.45, 2.75) is 25.3 Å². The highest BCUT2D eigenvalue weighted by Crippen LogP contribution is 2.26. The Kier molecular flexibility index (Phi) is 6.01. The molecular formula is C19H25N5O2. The Labute approximate surface area is 153 Å². The number of aromatic nitrogens is 2. The predicted molar refractivity (Wildman–Crippen MR) is 100 cm³/mol. The molecule has 3 rings (SSSR count). The highest BCUT2D eigenvalue weighted by Gasteiger charge is 2.22. The van der Waals surface area contributed by atoms with E-state index in [-0.39, 0.29) is 11.7 Å². The molecular weight excluding hydrogens is 330 g/mol. The molecule has 1 amide bonds. The zero-order valence-electron chi connectivity index (χ0n) is 15.0. The number of ether oxygens (including phenoxy) is 1. The Morgan fingerprint density at radius 1 is 1.23 bits per heavy atom. The lowest BCUT2D eigenvalue weighted by Gasteiger charge is -2.35. The van der Waals surface area contributed by atoms with Gasteiger partial charge in [0.2, 0.25) is 0 Å². The van der Waals surface area contributed by atoms with Crippen molar-refractivity contribution in [2.75, 3.05) is 32.1 Å². The van der Waals surface area contributed by atoms with Gasteiger partial charge in [-0.25, -0.2) is 4.98 Å². The number of nitrogens with zero attached hydrogens (tertiary/aromatic N) is 3. The summed E-state index contributed by atoms with van der Waals surface area (Å²) < 4.78 is 5.27. The Bertz CT molecular complexity index is 729. The summed E-state index contributed by atoms with van der Waals surface area (Å²) in [5, 5.41) is 3.31. The molecule has 0 radical (unpaired) electrons. The van der Waals surface area contributed by atoms with E-state index in [4.69, 9.17) is 10.5 Å².